The molecule has 3 rings (SSSR count). The van der Waals surface area contributed by atoms with Crippen molar-refractivity contribution in [2.45, 2.75) is 25.3 Å². The second-order valence-corrected chi connectivity index (χ2v) is 6.98. The van der Waals surface area contributed by atoms with Crippen molar-refractivity contribution < 1.29 is 14.3 Å². The fourth-order valence-corrected chi connectivity index (χ4v) is 3.87. The topological polar surface area (TPSA) is 83.3 Å². The average molecular weight is 381 g/mol. The average Bonchev–Trinajstić information content (AvgIpc) is 3.10. The second-order valence-electron chi connectivity index (χ2n) is 6.02. The summed E-state index contributed by atoms with van der Waals surface area (Å²) in [6.45, 7) is 4.33. The van der Waals surface area contributed by atoms with Crippen LogP contribution in [0.2, 0.25) is 0 Å². The Labute approximate surface area is 162 Å². The molecule has 0 N–H and O–H groups in total. The Balaban J connectivity index is 1.75. The van der Waals surface area contributed by atoms with Crippen LogP contribution in [0.3, 0.4) is 0 Å². The number of aryl methyl sites for hydroxylation is 1. The number of rotatable bonds is 5. The van der Waals surface area contributed by atoms with Gasteiger partial charge >= 0.3 is 5.97 Å². The largest absolute Gasteiger partial charge is 0.462 e. The molecule has 1 aromatic carbocycles. The standard InChI is InChI=1S/C20H19N3O3S/c1-3-26-20(25)16-10-15(11-21)19(22-13(16)2)27-12-18(24)23-9-8-14-6-4-5-7-17(14)23/h4-7,10H,3,8-9,12H2,1-2H3. The van der Waals surface area contributed by atoms with E-state index in [-0.39, 0.29) is 29.4 Å². The van der Waals surface area contributed by atoms with Crippen molar-refractivity contribution in [1.82, 2.24) is 4.98 Å². The number of thioether (sulfide) groups is 1. The third kappa shape index (κ3) is 3.96. The highest BCUT2D eigenvalue weighted by Crippen LogP contribution is 2.29. The maximum Gasteiger partial charge on any atom is 0.340 e. The summed E-state index contributed by atoms with van der Waals surface area (Å²) in [5.74, 6) is -0.350. The first-order valence-electron chi connectivity index (χ1n) is 8.65. The van der Waals surface area contributed by atoms with Gasteiger partial charge in [0.2, 0.25) is 5.91 Å². The van der Waals surface area contributed by atoms with Crippen molar-refractivity contribution in [2.24, 2.45) is 0 Å². The van der Waals surface area contributed by atoms with Crippen LogP contribution in [0.15, 0.2) is 35.4 Å². The molecule has 0 saturated heterocycles. The third-order valence-electron chi connectivity index (χ3n) is 4.31. The molecule has 138 valence electrons. The highest BCUT2D eigenvalue weighted by molar-refractivity contribution is 8.00. The zero-order valence-corrected chi connectivity index (χ0v) is 16.0. The van der Waals surface area contributed by atoms with Crippen LogP contribution >= 0.6 is 11.8 Å². The van der Waals surface area contributed by atoms with Gasteiger partial charge in [-0.1, -0.05) is 30.0 Å². The molecular formula is C20H19N3O3S. The number of para-hydroxylation sites is 1. The van der Waals surface area contributed by atoms with E-state index in [4.69, 9.17) is 4.74 Å². The number of amides is 1. The van der Waals surface area contributed by atoms with Gasteiger partial charge in [0.25, 0.3) is 0 Å². The van der Waals surface area contributed by atoms with Crippen molar-refractivity contribution in [3.05, 3.63) is 52.7 Å². The summed E-state index contributed by atoms with van der Waals surface area (Å²) in [7, 11) is 0. The summed E-state index contributed by atoms with van der Waals surface area (Å²) in [6.07, 6.45) is 0.849. The number of ether oxygens (including phenoxy) is 1. The van der Waals surface area contributed by atoms with Crippen LogP contribution in [0, 0.1) is 18.3 Å². The Hall–Kier alpha value is -2.85. The maximum absolute atomic E-state index is 12.6. The Morgan fingerprint density at radius 2 is 2.15 bits per heavy atom. The van der Waals surface area contributed by atoms with E-state index in [2.05, 4.69) is 11.1 Å². The predicted molar refractivity (Wildman–Crippen MR) is 103 cm³/mol. The molecule has 2 heterocycles. The summed E-state index contributed by atoms with van der Waals surface area (Å²) in [6, 6.07) is 11.4. The number of nitrogens with zero attached hydrogens (tertiary/aromatic N) is 3. The lowest BCUT2D eigenvalue weighted by Crippen LogP contribution is -2.30. The molecule has 1 aliphatic rings. The van der Waals surface area contributed by atoms with E-state index in [1.54, 1.807) is 18.7 Å². The van der Waals surface area contributed by atoms with Gasteiger partial charge in [-0.15, -0.1) is 0 Å². The molecule has 1 amide bonds. The molecule has 6 nitrogen and oxygen atoms in total. The summed E-state index contributed by atoms with van der Waals surface area (Å²) >= 11 is 1.21. The number of fused-ring (bicyclic) bond motifs is 1. The molecule has 0 atom stereocenters. The van der Waals surface area contributed by atoms with E-state index >= 15 is 0 Å². The fourth-order valence-electron chi connectivity index (χ4n) is 2.99. The lowest BCUT2D eigenvalue weighted by Gasteiger charge is -2.17. The van der Waals surface area contributed by atoms with Crippen LogP contribution in [-0.4, -0.2) is 35.8 Å². The highest BCUT2D eigenvalue weighted by atomic mass is 32.2. The second kappa shape index (κ2) is 8.23. The first-order chi connectivity index (χ1) is 13.0. The molecule has 1 aliphatic heterocycles. The molecule has 0 unspecified atom stereocenters. The lowest BCUT2D eigenvalue weighted by molar-refractivity contribution is -0.116. The number of carbonyl (C=O) groups is 2. The smallest absolute Gasteiger partial charge is 0.340 e. The number of anilines is 1. The molecule has 7 heteroatoms. The van der Waals surface area contributed by atoms with E-state index in [1.807, 2.05) is 24.3 Å². The van der Waals surface area contributed by atoms with Crippen LogP contribution in [0.25, 0.3) is 0 Å². The molecule has 2 aromatic rings. The van der Waals surface area contributed by atoms with Gasteiger partial charge in [0, 0.05) is 12.2 Å². The Morgan fingerprint density at radius 3 is 2.89 bits per heavy atom. The van der Waals surface area contributed by atoms with Gasteiger partial charge in [-0.05, 0) is 38.0 Å². The zero-order valence-electron chi connectivity index (χ0n) is 15.2. The molecule has 0 spiro atoms. The number of hydrogen-bond acceptors (Lipinski definition) is 6. The van der Waals surface area contributed by atoms with Crippen molar-refractivity contribution in [3.63, 3.8) is 0 Å². The molecule has 0 saturated carbocycles. The van der Waals surface area contributed by atoms with Gasteiger partial charge in [0.1, 0.15) is 11.1 Å². The van der Waals surface area contributed by atoms with E-state index < -0.39 is 5.97 Å². The number of benzene rings is 1. The summed E-state index contributed by atoms with van der Waals surface area (Å²) in [4.78, 5) is 30.7. The van der Waals surface area contributed by atoms with Crippen LogP contribution in [0.5, 0.6) is 0 Å². The van der Waals surface area contributed by atoms with E-state index in [0.29, 0.717) is 17.3 Å². The third-order valence-corrected chi connectivity index (χ3v) is 5.29. The quantitative estimate of drug-likeness (QED) is 0.584. The molecule has 1 aromatic heterocycles. The normalized spacial score (nSPS) is 12.4. The Kier molecular flexibility index (Phi) is 5.77. The molecule has 0 aliphatic carbocycles. The first-order valence-corrected chi connectivity index (χ1v) is 9.63. The van der Waals surface area contributed by atoms with Gasteiger partial charge in [-0.25, -0.2) is 9.78 Å². The fraction of sp³-hybridized carbons (Fsp3) is 0.300. The molecular weight excluding hydrogens is 362 g/mol. The van der Waals surface area contributed by atoms with E-state index in [0.717, 1.165) is 12.1 Å². The first kappa shape index (κ1) is 18.9. The van der Waals surface area contributed by atoms with Gasteiger partial charge in [-0.3, -0.25) is 4.79 Å². The van der Waals surface area contributed by atoms with Crippen LogP contribution in [0.1, 0.15) is 34.1 Å². The minimum atomic E-state index is -0.500. The summed E-state index contributed by atoms with van der Waals surface area (Å²) in [5.41, 5.74) is 3.14. The van der Waals surface area contributed by atoms with Crippen LogP contribution < -0.4 is 4.90 Å². The number of hydrogen-bond donors (Lipinski definition) is 0. The molecule has 0 fully saturated rings. The number of nitriles is 1. The number of esters is 1. The molecule has 0 radical (unpaired) electrons. The molecule has 27 heavy (non-hydrogen) atoms. The predicted octanol–water partition coefficient (Wildman–Crippen LogP) is 3.12. The lowest BCUT2D eigenvalue weighted by atomic mass is 10.1. The minimum absolute atomic E-state index is 0.0252. The van der Waals surface area contributed by atoms with Crippen molar-refractivity contribution in [3.8, 4) is 6.07 Å². The van der Waals surface area contributed by atoms with Crippen molar-refractivity contribution in [1.29, 1.82) is 5.26 Å². The number of carbonyl (C=O) groups excluding carboxylic acids is 2. The minimum Gasteiger partial charge on any atom is -0.462 e. The zero-order chi connectivity index (χ0) is 19.4. The van der Waals surface area contributed by atoms with Gasteiger partial charge in [0.15, 0.2) is 0 Å². The van der Waals surface area contributed by atoms with Gasteiger partial charge in [-0.2, -0.15) is 5.26 Å². The SMILES string of the molecule is CCOC(=O)c1cc(C#N)c(SCC(=O)N2CCc3ccccc32)nc1C. The monoisotopic (exact) mass is 381 g/mol. The maximum atomic E-state index is 12.6. The van der Waals surface area contributed by atoms with E-state index in [1.165, 1.54) is 23.4 Å². The van der Waals surface area contributed by atoms with Crippen molar-refractivity contribution in [2.75, 3.05) is 23.8 Å². The Morgan fingerprint density at radius 1 is 1.37 bits per heavy atom. The highest BCUT2D eigenvalue weighted by Gasteiger charge is 2.25. The van der Waals surface area contributed by atoms with Gasteiger partial charge in [0.05, 0.1) is 29.2 Å². The Bertz CT molecular complexity index is 937. The summed E-state index contributed by atoms with van der Waals surface area (Å²) in [5, 5.41) is 9.85. The summed E-state index contributed by atoms with van der Waals surface area (Å²) < 4.78 is 4.99. The number of pyridine rings is 1. The van der Waals surface area contributed by atoms with Crippen LogP contribution in [-0.2, 0) is 16.0 Å². The molecule has 0 bridgehead atoms. The van der Waals surface area contributed by atoms with Crippen molar-refractivity contribution >= 4 is 29.3 Å². The van der Waals surface area contributed by atoms with Gasteiger partial charge < -0.3 is 9.64 Å². The number of aromatic nitrogens is 1. The van der Waals surface area contributed by atoms with Crippen LogP contribution in [0.4, 0.5) is 5.69 Å². The van der Waals surface area contributed by atoms with E-state index in [9.17, 15) is 14.9 Å².